The second kappa shape index (κ2) is 2.82. The summed E-state index contributed by atoms with van der Waals surface area (Å²) in [6, 6.07) is 0. The molecule has 0 saturated carbocycles. The molecule has 0 aliphatic carbocycles. The molecule has 0 unspecified atom stereocenters. The molecule has 0 radical (unpaired) electrons. The van der Waals surface area contributed by atoms with Crippen LogP contribution < -0.4 is 0 Å². The zero-order chi connectivity index (χ0) is 8.55. The summed E-state index contributed by atoms with van der Waals surface area (Å²) in [7, 11) is 0. The van der Waals surface area contributed by atoms with E-state index in [-0.39, 0.29) is 0 Å². The van der Waals surface area contributed by atoms with Crippen molar-refractivity contribution in [3.63, 3.8) is 0 Å². The number of nitrogens with zero attached hydrogens (tertiary/aromatic N) is 2. The second-order valence-electron chi connectivity index (χ2n) is 2.58. The lowest BCUT2D eigenvalue weighted by Gasteiger charge is -2.13. The smallest absolute Gasteiger partial charge is 0.354 e. The average molecular weight is 184 g/mol. The maximum absolute atomic E-state index is 10.7. The number of fused-ring (bicyclic) bond motifs is 1. The standard InChI is InChI=1S/C7H8N2O2S/c10-6(11)5-4-8-7-9(5)2-1-3-12-7/h4H,1-3H2,(H,10,11). The van der Waals surface area contributed by atoms with Crippen LogP contribution in [0, 0.1) is 0 Å². The van der Waals surface area contributed by atoms with Gasteiger partial charge in [0.05, 0.1) is 6.20 Å². The Bertz CT molecular complexity index is 321. The Balaban J connectivity index is 2.44. The van der Waals surface area contributed by atoms with Gasteiger partial charge in [0.25, 0.3) is 0 Å². The molecule has 64 valence electrons. The van der Waals surface area contributed by atoms with Gasteiger partial charge in [-0.1, -0.05) is 11.8 Å². The Morgan fingerprint density at radius 1 is 1.75 bits per heavy atom. The van der Waals surface area contributed by atoms with Crippen molar-refractivity contribution in [2.24, 2.45) is 0 Å². The molecular formula is C7H8N2O2S. The van der Waals surface area contributed by atoms with Crippen molar-refractivity contribution in [2.45, 2.75) is 18.1 Å². The highest BCUT2D eigenvalue weighted by Gasteiger charge is 2.18. The molecule has 4 nitrogen and oxygen atoms in total. The molecule has 1 aromatic rings. The maximum Gasteiger partial charge on any atom is 0.354 e. The zero-order valence-electron chi connectivity index (χ0n) is 6.36. The Kier molecular flexibility index (Phi) is 1.80. The van der Waals surface area contributed by atoms with Crippen LogP contribution in [-0.2, 0) is 6.54 Å². The van der Waals surface area contributed by atoms with Crippen LogP contribution >= 0.6 is 11.8 Å². The van der Waals surface area contributed by atoms with Gasteiger partial charge in [0.2, 0.25) is 0 Å². The van der Waals surface area contributed by atoms with E-state index in [9.17, 15) is 4.79 Å². The molecule has 1 aliphatic heterocycles. The monoisotopic (exact) mass is 184 g/mol. The number of carboxylic acid groups (broad SMARTS) is 1. The third-order valence-electron chi connectivity index (χ3n) is 1.80. The molecule has 0 fully saturated rings. The molecule has 0 saturated heterocycles. The van der Waals surface area contributed by atoms with Crippen molar-refractivity contribution in [3.8, 4) is 0 Å². The molecule has 0 spiro atoms. The zero-order valence-corrected chi connectivity index (χ0v) is 7.17. The van der Waals surface area contributed by atoms with Gasteiger partial charge in [-0.25, -0.2) is 9.78 Å². The molecule has 2 heterocycles. The number of hydrogen-bond acceptors (Lipinski definition) is 3. The lowest BCUT2D eigenvalue weighted by atomic mass is 10.4. The highest BCUT2D eigenvalue weighted by molar-refractivity contribution is 7.99. The quantitative estimate of drug-likeness (QED) is 0.709. The first-order valence-electron chi connectivity index (χ1n) is 3.70. The summed E-state index contributed by atoms with van der Waals surface area (Å²) in [5.41, 5.74) is 0.303. The molecule has 1 aromatic heterocycles. The van der Waals surface area contributed by atoms with E-state index < -0.39 is 5.97 Å². The number of aromatic nitrogens is 2. The second-order valence-corrected chi connectivity index (χ2v) is 3.65. The van der Waals surface area contributed by atoms with Crippen LogP contribution in [0.1, 0.15) is 16.9 Å². The van der Waals surface area contributed by atoms with Crippen LogP contribution in [-0.4, -0.2) is 26.4 Å². The van der Waals surface area contributed by atoms with Crippen molar-refractivity contribution >= 4 is 17.7 Å². The lowest BCUT2D eigenvalue weighted by molar-refractivity contribution is 0.0683. The minimum absolute atomic E-state index is 0.303. The fraction of sp³-hybridized carbons (Fsp3) is 0.429. The SMILES string of the molecule is O=C(O)c1cnc2n1CCCS2. The first-order chi connectivity index (χ1) is 5.79. The number of carbonyl (C=O) groups is 1. The van der Waals surface area contributed by atoms with Gasteiger partial charge in [-0.2, -0.15) is 0 Å². The largest absolute Gasteiger partial charge is 0.477 e. The minimum Gasteiger partial charge on any atom is -0.477 e. The van der Waals surface area contributed by atoms with Crippen molar-refractivity contribution in [1.82, 2.24) is 9.55 Å². The summed E-state index contributed by atoms with van der Waals surface area (Å²) in [6.07, 6.45) is 2.45. The summed E-state index contributed by atoms with van der Waals surface area (Å²) < 4.78 is 1.76. The van der Waals surface area contributed by atoms with E-state index in [0.29, 0.717) is 5.69 Å². The van der Waals surface area contributed by atoms with Crippen molar-refractivity contribution < 1.29 is 9.90 Å². The lowest BCUT2D eigenvalue weighted by Crippen LogP contribution is -2.13. The van der Waals surface area contributed by atoms with Crippen LogP contribution in [0.4, 0.5) is 0 Å². The molecule has 1 aliphatic rings. The number of thioether (sulfide) groups is 1. The van der Waals surface area contributed by atoms with Gasteiger partial charge in [0, 0.05) is 12.3 Å². The van der Waals surface area contributed by atoms with Gasteiger partial charge in [-0.05, 0) is 6.42 Å². The summed E-state index contributed by atoms with van der Waals surface area (Å²) in [4.78, 5) is 14.7. The van der Waals surface area contributed by atoms with E-state index in [4.69, 9.17) is 5.11 Å². The number of imidazole rings is 1. The minimum atomic E-state index is -0.892. The predicted molar refractivity (Wildman–Crippen MR) is 44.5 cm³/mol. The van der Waals surface area contributed by atoms with Crippen LogP contribution in [0.5, 0.6) is 0 Å². The molecule has 0 aromatic carbocycles. The van der Waals surface area contributed by atoms with Gasteiger partial charge in [-0.15, -0.1) is 0 Å². The molecule has 5 heteroatoms. The average Bonchev–Trinajstić information content (AvgIpc) is 2.47. The van der Waals surface area contributed by atoms with Gasteiger partial charge in [-0.3, -0.25) is 0 Å². The summed E-state index contributed by atoms with van der Waals surface area (Å²) in [5, 5.41) is 9.59. The van der Waals surface area contributed by atoms with Crippen molar-refractivity contribution in [2.75, 3.05) is 5.75 Å². The van der Waals surface area contributed by atoms with Crippen LogP contribution in [0.15, 0.2) is 11.4 Å². The van der Waals surface area contributed by atoms with Crippen LogP contribution in [0.25, 0.3) is 0 Å². The molecule has 0 bridgehead atoms. The third kappa shape index (κ3) is 1.10. The van der Waals surface area contributed by atoms with Gasteiger partial charge >= 0.3 is 5.97 Å². The number of hydrogen-bond donors (Lipinski definition) is 1. The molecular weight excluding hydrogens is 176 g/mol. The van der Waals surface area contributed by atoms with E-state index in [0.717, 1.165) is 23.9 Å². The highest BCUT2D eigenvalue weighted by atomic mass is 32.2. The Hall–Kier alpha value is -0.970. The maximum atomic E-state index is 10.7. The number of aromatic carboxylic acids is 1. The van der Waals surface area contributed by atoms with E-state index in [1.807, 2.05) is 0 Å². The van der Waals surface area contributed by atoms with Gasteiger partial charge in [0.1, 0.15) is 5.69 Å². The van der Waals surface area contributed by atoms with E-state index >= 15 is 0 Å². The van der Waals surface area contributed by atoms with E-state index in [1.54, 1.807) is 16.3 Å². The Morgan fingerprint density at radius 3 is 3.33 bits per heavy atom. The fourth-order valence-electron chi connectivity index (χ4n) is 1.25. The normalized spacial score (nSPS) is 15.7. The summed E-state index contributed by atoms with van der Waals surface area (Å²) >= 11 is 1.62. The predicted octanol–water partition coefficient (Wildman–Crippen LogP) is 1.08. The number of carboxylic acids is 1. The summed E-state index contributed by atoms with van der Waals surface area (Å²) in [5.74, 6) is 0.145. The highest BCUT2D eigenvalue weighted by Crippen LogP contribution is 2.24. The molecule has 0 atom stereocenters. The molecule has 12 heavy (non-hydrogen) atoms. The fourth-order valence-corrected chi connectivity index (χ4v) is 2.18. The molecule has 0 amide bonds. The van der Waals surface area contributed by atoms with Crippen molar-refractivity contribution in [1.29, 1.82) is 0 Å². The van der Waals surface area contributed by atoms with E-state index in [1.165, 1.54) is 6.20 Å². The number of rotatable bonds is 1. The Labute approximate surface area is 73.6 Å². The molecule has 1 N–H and O–H groups in total. The van der Waals surface area contributed by atoms with Crippen LogP contribution in [0.3, 0.4) is 0 Å². The topological polar surface area (TPSA) is 55.1 Å². The molecule has 2 rings (SSSR count). The third-order valence-corrected chi connectivity index (χ3v) is 2.87. The van der Waals surface area contributed by atoms with Gasteiger partial charge < -0.3 is 9.67 Å². The first-order valence-corrected chi connectivity index (χ1v) is 4.69. The van der Waals surface area contributed by atoms with Gasteiger partial charge in [0.15, 0.2) is 5.16 Å². The Morgan fingerprint density at radius 2 is 2.58 bits per heavy atom. The van der Waals surface area contributed by atoms with E-state index in [2.05, 4.69) is 4.98 Å². The summed E-state index contributed by atoms with van der Waals surface area (Å²) in [6.45, 7) is 0.782. The van der Waals surface area contributed by atoms with Crippen molar-refractivity contribution in [3.05, 3.63) is 11.9 Å². The first kappa shape index (κ1) is 7.67. The van der Waals surface area contributed by atoms with Crippen LogP contribution in [0.2, 0.25) is 0 Å².